The van der Waals surface area contributed by atoms with Crippen molar-refractivity contribution in [2.45, 2.75) is 25.6 Å². The van der Waals surface area contributed by atoms with Crippen molar-refractivity contribution in [1.82, 2.24) is 10.2 Å². The van der Waals surface area contributed by atoms with Crippen molar-refractivity contribution >= 4 is 5.91 Å². The normalized spacial score (nSPS) is 26.9. The second-order valence-corrected chi connectivity index (χ2v) is 4.46. The highest BCUT2D eigenvalue weighted by Crippen LogP contribution is 2.16. The molecular formula is C10H17F3N2O2. The van der Waals surface area contributed by atoms with Gasteiger partial charge >= 0.3 is 6.18 Å². The Bertz CT molecular complexity index is 271. The first-order chi connectivity index (χ1) is 7.78. The second-order valence-electron chi connectivity index (χ2n) is 4.46. The average molecular weight is 254 g/mol. The number of likely N-dealkylation sites (tertiary alicyclic amines) is 1. The minimum Gasteiger partial charge on any atom is -0.392 e. The Hall–Kier alpha value is -0.820. The molecular weight excluding hydrogens is 237 g/mol. The first-order valence-electron chi connectivity index (χ1n) is 5.52. The van der Waals surface area contributed by atoms with Crippen molar-refractivity contribution in [3.05, 3.63) is 0 Å². The summed E-state index contributed by atoms with van der Waals surface area (Å²) in [7, 11) is 0. The predicted molar refractivity (Wildman–Crippen MR) is 55.3 cm³/mol. The Morgan fingerprint density at radius 2 is 2.18 bits per heavy atom. The van der Waals surface area contributed by atoms with E-state index in [1.54, 1.807) is 4.90 Å². The fraction of sp³-hybridized carbons (Fsp3) is 0.900. The van der Waals surface area contributed by atoms with E-state index >= 15 is 0 Å². The number of carbonyl (C=O) groups excluding carboxylic acids is 1. The van der Waals surface area contributed by atoms with Crippen molar-refractivity contribution in [1.29, 1.82) is 0 Å². The van der Waals surface area contributed by atoms with E-state index in [0.29, 0.717) is 13.1 Å². The third kappa shape index (κ3) is 5.36. The molecule has 100 valence electrons. The van der Waals surface area contributed by atoms with Gasteiger partial charge in [0.15, 0.2) is 0 Å². The fourth-order valence-corrected chi connectivity index (χ4v) is 1.72. The highest BCUT2D eigenvalue weighted by atomic mass is 19.4. The predicted octanol–water partition coefficient (Wildman–Crippen LogP) is 0.368. The molecule has 1 amide bonds. The lowest BCUT2D eigenvalue weighted by Gasteiger charge is -2.33. The van der Waals surface area contributed by atoms with Gasteiger partial charge in [-0.3, -0.25) is 9.69 Å². The minimum atomic E-state index is -4.38. The van der Waals surface area contributed by atoms with Gasteiger partial charge in [-0.1, -0.05) is 6.92 Å². The standard InChI is InChI=1S/C10H17F3N2O2/c1-7-2-3-15(4-8(7)16)5-9(17)14-6-10(11,12)13/h7-8,16H,2-6H2,1H3,(H,14,17). The average Bonchev–Trinajstić information content (AvgIpc) is 2.20. The van der Waals surface area contributed by atoms with Crippen molar-refractivity contribution in [2.75, 3.05) is 26.2 Å². The van der Waals surface area contributed by atoms with Crippen LogP contribution in [0.2, 0.25) is 0 Å². The second kappa shape index (κ2) is 5.68. The third-order valence-corrected chi connectivity index (χ3v) is 2.86. The Morgan fingerprint density at radius 1 is 1.53 bits per heavy atom. The number of piperidine rings is 1. The molecule has 2 unspecified atom stereocenters. The van der Waals surface area contributed by atoms with Gasteiger partial charge in [-0.25, -0.2) is 0 Å². The van der Waals surface area contributed by atoms with E-state index < -0.39 is 24.7 Å². The van der Waals surface area contributed by atoms with E-state index in [1.165, 1.54) is 0 Å². The summed E-state index contributed by atoms with van der Waals surface area (Å²) in [5.74, 6) is -0.492. The number of halogens is 3. The van der Waals surface area contributed by atoms with Crippen LogP contribution in [0.4, 0.5) is 13.2 Å². The van der Waals surface area contributed by atoms with E-state index in [1.807, 2.05) is 12.2 Å². The maximum atomic E-state index is 11.8. The number of nitrogens with one attached hydrogen (secondary N) is 1. The molecule has 7 heteroatoms. The number of carbonyl (C=O) groups is 1. The molecule has 0 radical (unpaired) electrons. The quantitative estimate of drug-likeness (QED) is 0.765. The van der Waals surface area contributed by atoms with Gasteiger partial charge in [-0.15, -0.1) is 0 Å². The van der Waals surface area contributed by atoms with Gasteiger partial charge in [0.25, 0.3) is 0 Å². The summed E-state index contributed by atoms with van der Waals surface area (Å²) < 4.78 is 35.5. The van der Waals surface area contributed by atoms with Gasteiger partial charge in [0, 0.05) is 6.54 Å². The Morgan fingerprint density at radius 3 is 2.71 bits per heavy atom. The zero-order valence-electron chi connectivity index (χ0n) is 9.63. The molecule has 2 atom stereocenters. The molecule has 0 aliphatic carbocycles. The van der Waals surface area contributed by atoms with E-state index in [4.69, 9.17) is 0 Å². The first-order valence-corrected chi connectivity index (χ1v) is 5.52. The van der Waals surface area contributed by atoms with Crippen molar-refractivity contribution in [3.8, 4) is 0 Å². The van der Waals surface area contributed by atoms with Gasteiger partial charge < -0.3 is 10.4 Å². The summed E-state index contributed by atoms with van der Waals surface area (Å²) in [5, 5.41) is 11.4. The van der Waals surface area contributed by atoms with Crippen LogP contribution < -0.4 is 5.32 Å². The molecule has 0 saturated carbocycles. The topological polar surface area (TPSA) is 52.6 Å². The van der Waals surface area contributed by atoms with Crippen LogP contribution in [0.5, 0.6) is 0 Å². The third-order valence-electron chi connectivity index (χ3n) is 2.86. The number of hydrogen-bond acceptors (Lipinski definition) is 3. The van der Waals surface area contributed by atoms with Gasteiger partial charge in [-0.2, -0.15) is 13.2 Å². The molecule has 0 aromatic heterocycles. The van der Waals surface area contributed by atoms with Crippen LogP contribution in [0.25, 0.3) is 0 Å². The van der Waals surface area contributed by atoms with Crippen LogP contribution in [0.15, 0.2) is 0 Å². The number of β-amino-alcohol motifs (C(OH)–C–C–N with tert-alkyl or cyclic N) is 1. The van der Waals surface area contributed by atoms with E-state index in [-0.39, 0.29) is 12.5 Å². The number of aliphatic hydroxyl groups excluding tert-OH is 1. The number of nitrogens with zero attached hydrogens (tertiary/aromatic N) is 1. The zero-order valence-corrected chi connectivity index (χ0v) is 9.63. The maximum absolute atomic E-state index is 11.8. The SMILES string of the molecule is CC1CCN(CC(=O)NCC(F)(F)F)CC1O. The monoisotopic (exact) mass is 254 g/mol. The lowest BCUT2D eigenvalue weighted by atomic mass is 9.96. The molecule has 1 aliphatic rings. The molecule has 1 heterocycles. The summed E-state index contributed by atoms with van der Waals surface area (Å²) in [6, 6.07) is 0. The summed E-state index contributed by atoms with van der Waals surface area (Å²) >= 11 is 0. The molecule has 0 spiro atoms. The lowest BCUT2D eigenvalue weighted by molar-refractivity contribution is -0.139. The summed E-state index contributed by atoms with van der Waals surface area (Å²) in [5.41, 5.74) is 0. The molecule has 1 rings (SSSR count). The molecule has 1 saturated heterocycles. The number of aliphatic hydroxyl groups is 1. The Kier molecular flexibility index (Phi) is 4.76. The zero-order chi connectivity index (χ0) is 13.1. The van der Waals surface area contributed by atoms with Crippen LogP contribution in [0.3, 0.4) is 0 Å². The van der Waals surface area contributed by atoms with Crippen molar-refractivity contribution < 1.29 is 23.1 Å². The Balaban J connectivity index is 2.27. The molecule has 17 heavy (non-hydrogen) atoms. The highest BCUT2D eigenvalue weighted by Gasteiger charge is 2.29. The Labute approximate surface area is 97.8 Å². The van der Waals surface area contributed by atoms with E-state index in [2.05, 4.69) is 0 Å². The summed E-state index contributed by atoms with van der Waals surface area (Å²) in [6.45, 7) is 1.46. The number of hydrogen-bond donors (Lipinski definition) is 2. The fourth-order valence-electron chi connectivity index (χ4n) is 1.72. The van der Waals surface area contributed by atoms with Gasteiger partial charge in [0.05, 0.1) is 12.6 Å². The van der Waals surface area contributed by atoms with Gasteiger partial charge in [-0.05, 0) is 18.9 Å². The first kappa shape index (κ1) is 14.2. The maximum Gasteiger partial charge on any atom is 0.405 e. The molecule has 1 fully saturated rings. The molecule has 2 N–H and O–H groups in total. The van der Waals surface area contributed by atoms with Crippen LogP contribution in [0, 0.1) is 5.92 Å². The van der Waals surface area contributed by atoms with Crippen LogP contribution >= 0.6 is 0 Å². The largest absolute Gasteiger partial charge is 0.405 e. The smallest absolute Gasteiger partial charge is 0.392 e. The lowest BCUT2D eigenvalue weighted by Crippen LogP contribution is -2.48. The van der Waals surface area contributed by atoms with Crippen molar-refractivity contribution in [2.24, 2.45) is 5.92 Å². The number of alkyl halides is 3. The molecule has 0 aromatic rings. The van der Waals surface area contributed by atoms with Crippen LogP contribution in [-0.4, -0.2) is 54.4 Å². The van der Waals surface area contributed by atoms with Gasteiger partial charge in [0.2, 0.25) is 5.91 Å². The van der Waals surface area contributed by atoms with Crippen molar-refractivity contribution in [3.63, 3.8) is 0 Å². The van der Waals surface area contributed by atoms with Crippen LogP contribution in [-0.2, 0) is 4.79 Å². The van der Waals surface area contributed by atoms with Crippen LogP contribution in [0.1, 0.15) is 13.3 Å². The van der Waals surface area contributed by atoms with E-state index in [9.17, 15) is 23.1 Å². The molecule has 0 aromatic carbocycles. The molecule has 4 nitrogen and oxygen atoms in total. The highest BCUT2D eigenvalue weighted by molar-refractivity contribution is 5.78. The van der Waals surface area contributed by atoms with Gasteiger partial charge in [0.1, 0.15) is 6.54 Å². The summed E-state index contributed by atoms with van der Waals surface area (Å²) in [6.07, 6.45) is -4.15. The molecule has 0 bridgehead atoms. The van der Waals surface area contributed by atoms with E-state index in [0.717, 1.165) is 6.42 Å². The molecule has 1 aliphatic heterocycles. The summed E-state index contributed by atoms with van der Waals surface area (Å²) in [4.78, 5) is 12.9. The number of rotatable bonds is 3. The minimum absolute atomic E-state index is 0.0974. The number of amides is 1.